The molecule has 0 spiro atoms. The van der Waals surface area contributed by atoms with Gasteiger partial charge in [0.25, 0.3) is 0 Å². The summed E-state index contributed by atoms with van der Waals surface area (Å²) in [5.74, 6) is 0. The van der Waals surface area contributed by atoms with Crippen LogP contribution in [0.25, 0.3) is 10.8 Å². The summed E-state index contributed by atoms with van der Waals surface area (Å²) in [4.78, 5) is 2.59. The van der Waals surface area contributed by atoms with Gasteiger partial charge in [-0.1, -0.05) is 25.0 Å². The van der Waals surface area contributed by atoms with E-state index >= 15 is 0 Å². The number of aryl methyl sites for hydroxylation is 2. The normalized spacial score (nSPS) is 29.0. The number of likely N-dealkylation sites (N-methyl/N-ethyl adjacent to an activating group) is 1. The smallest absolute Gasteiger partial charge is 0.0678 e. The second-order valence-electron chi connectivity index (χ2n) is 7.28. The fourth-order valence-corrected chi connectivity index (χ4v) is 4.89. The fraction of sp³-hybridized carbons (Fsp3) is 0.579. The molecule has 2 atom stereocenters. The first-order valence-electron chi connectivity index (χ1n) is 8.56. The van der Waals surface area contributed by atoms with Crippen molar-refractivity contribution in [3.8, 4) is 0 Å². The van der Waals surface area contributed by atoms with Crippen molar-refractivity contribution in [3.05, 3.63) is 35.2 Å². The van der Waals surface area contributed by atoms with Crippen molar-refractivity contribution in [1.29, 1.82) is 0 Å². The molecule has 2 unspecified atom stereocenters. The van der Waals surface area contributed by atoms with E-state index < -0.39 is 0 Å². The van der Waals surface area contributed by atoms with E-state index in [2.05, 4.69) is 54.2 Å². The highest BCUT2D eigenvalue weighted by Gasteiger charge is 2.48. The fourth-order valence-electron chi connectivity index (χ4n) is 4.89. The Morgan fingerprint density at radius 2 is 1.82 bits per heavy atom. The maximum absolute atomic E-state index is 4.33. The lowest BCUT2D eigenvalue weighted by atomic mass is 9.66. The molecule has 1 aliphatic heterocycles. The molecule has 2 aliphatic rings. The first-order valence-corrected chi connectivity index (χ1v) is 8.56. The van der Waals surface area contributed by atoms with Gasteiger partial charge < -0.3 is 4.90 Å². The van der Waals surface area contributed by atoms with Gasteiger partial charge in [0.2, 0.25) is 0 Å². The first-order chi connectivity index (χ1) is 10.6. The van der Waals surface area contributed by atoms with Gasteiger partial charge in [0.05, 0.1) is 11.4 Å². The molecule has 3 heteroatoms. The van der Waals surface area contributed by atoms with Gasteiger partial charge in [-0.15, -0.1) is 0 Å². The van der Waals surface area contributed by atoms with E-state index in [1.165, 1.54) is 55.0 Å². The zero-order valence-corrected chi connectivity index (χ0v) is 13.9. The Labute approximate surface area is 132 Å². The van der Waals surface area contributed by atoms with Gasteiger partial charge >= 0.3 is 0 Å². The number of likely N-dealkylation sites (tertiary alicyclic amines) is 1. The number of nitrogens with zero attached hydrogens (tertiary/aromatic N) is 3. The Balaban J connectivity index is 1.88. The summed E-state index contributed by atoms with van der Waals surface area (Å²) in [6, 6.07) is 7.79. The molecule has 2 aromatic rings. The molecule has 116 valence electrons. The summed E-state index contributed by atoms with van der Waals surface area (Å²) < 4.78 is 0. The molecule has 4 rings (SSSR count). The van der Waals surface area contributed by atoms with Crippen molar-refractivity contribution in [3.63, 3.8) is 0 Å². The van der Waals surface area contributed by atoms with Crippen LogP contribution in [0, 0.1) is 13.8 Å². The van der Waals surface area contributed by atoms with Gasteiger partial charge in [-0.2, -0.15) is 10.2 Å². The number of fused-ring (bicyclic) bond motifs is 2. The van der Waals surface area contributed by atoms with E-state index in [0.717, 1.165) is 17.4 Å². The van der Waals surface area contributed by atoms with Crippen LogP contribution in [-0.4, -0.2) is 34.7 Å². The van der Waals surface area contributed by atoms with Crippen molar-refractivity contribution in [2.75, 3.05) is 13.6 Å². The second-order valence-corrected chi connectivity index (χ2v) is 7.28. The van der Waals surface area contributed by atoms with Crippen LogP contribution in [0.4, 0.5) is 0 Å². The molecule has 0 N–H and O–H groups in total. The van der Waals surface area contributed by atoms with Gasteiger partial charge in [0, 0.05) is 22.2 Å². The largest absolute Gasteiger partial charge is 0.302 e. The summed E-state index contributed by atoms with van der Waals surface area (Å²) >= 11 is 0. The van der Waals surface area contributed by atoms with Gasteiger partial charge in [0.1, 0.15) is 0 Å². The lowest BCUT2D eigenvalue weighted by Gasteiger charge is -2.42. The van der Waals surface area contributed by atoms with Crippen molar-refractivity contribution >= 4 is 10.8 Å². The Bertz CT molecular complexity index is 720. The summed E-state index contributed by atoms with van der Waals surface area (Å²) in [5.41, 5.74) is 3.99. The van der Waals surface area contributed by atoms with Crippen LogP contribution >= 0.6 is 0 Å². The molecular weight excluding hydrogens is 270 g/mol. The number of rotatable bonds is 1. The highest BCUT2D eigenvalue weighted by molar-refractivity contribution is 5.86. The molecule has 2 fully saturated rings. The minimum Gasteiger partial charge on any atom is -0.302 e. The second kappa shape index (κ2) is 5.02. The molecule has 1 aliphatic carbocycles. The molecule has 22 heavy (non-hydrogen) atoms. The molecule has 1 saturated carbocycles. The molecular formula is C19H25N3. The third kappa shape index (κ3) is 1.91. The van der Waals surface area contributed by atoms with E-state index in [-0.39, 0.29) is 0 Å². The van der Waals surface area contributed by atoms with Crippen molar-refractivity contribution in [2.24, 2.45) is 0 Å². The Morgan fingerprint density at radius 1 is 1.05 bits per heavy atom. The van der Waals surface area contributed by atoms with E-state index in [1.54, 1.807) is 0 Å². The molecule has 1 saturated heterocycles. The van der Waals surface area contributed by atoms with E-state index in [1.807, 2.05) is 0 Å². The molecule has 2 heterocycles. The van der Waals surface area contributed by atoms with Crippen LogP contribution in [0.5, 0.6) is 0 Å². The summed E-state index contributed by atoms with van der Waals surface area (Å²) in [6.45, 7) is 5.37. The number of hydrogen-bond acceptors (Lipinski definition) is 3. The zero-order chi connectivity index (χ0) is 15.3. The third-order valence-corrected chi connectivity index (χ3v) is 6.16. The maximum Gasteiger partial charge on any atom is 0.0678 e. The predicted molar refractivity (Wildman–Crippen MR) is 90.2 cm³/mol. The summed E-state index contributed by atoms with van der Waals surface area (Å²) in [5, 5.41) is 11.1. The highest BCUT2D eigenvalue weighted by atomic mass is 15.2. The van der Waals surface area contributed by atoms with Gasteiger partial charge in [-0.25, -0.2) is 0 Å². The topological polar surface area (TPSA) is 29.0 Å². The van der Waals surface area contributed by atoms with Crippen LogP contribution < -0.4 is 0 Å². The average Bonchev–Trinajstić information content (AvgIpc) is 2.90. The molecule has 0 radical (unpaired) electrons. The highest BCUT2D eigenvalue weighted by Crippen LogP contribution is 2.48. The Kier molecular flexibility index (Phi) is 3.23. The first kappa shape index (κ1) is 14.1. The predicted octanol–water partition coefficient (Wildman–Crippen LogP) is 3.76. The molecule has 1 aromatic carbocycles. The van der Waals surface area contributed by atoms with Crippen LogP contribution in [0.15, 0.2) is 18.2 Å². The van der Waals surface area contributed by atoms with Crippen molar-refractivity contribution in [1.82, 2.24) is 15.1 Å². The summed E-state index contributed by atoms with van der Waals surface area (Å²) in [7, 11) is 2.31. The Morgan fingerprint density at radius 3 is 2.64 bits per heavy atom. The van der Waals surface area contributed by atoms with Crippen molar-refractivity contribution in [2.45, 2.75) is 57.4 Å². The zero-order valence-electron chi connectivity index (χ0n) is 13.9. The molecule has 3 nitrogen and oxygen atoms in total. The van der Waals surface area contributed by atoms with Gasteiger partial charge in [-0.05, 0) is 58.3 Å². The maximum atomic E-state index is 4.33. The third-order valence-electron chi connectivity index (χ3n) is 6.16. The van der Waals surface area contributed by atoms with Crippen LogP contribution in [0.2, 0.25) is 0 Å². The number of benzene rings is 1. The van der Waals surface area contributed by atoms with E-state index in [4.69, 9.17) is 0 Å². The van der Waals surface area contributed by atoms with E-state index in [9.17, 15) is 0 Å². The number of aromatic nitrogens is 2. The van der Waals surface area contributed by atoms with E-state index in [0.29, 0.717) is 5.41 Å². The minimum atomic E-state index is 0.366. The van der Waals surface area contributed by atoms with Crippen LogP contribution in [-0.2, 0) is 5.41 Å². The molecule has 0 bridgehead atoms. The lowest BCUT2D eigenvalue weighted by molar-refractivity contribution is 0.182. The van der Waals surface area contributed by atoms with Crippen LogP contribution in [0.3, 0.4) is 0 Å². The lowest BCUT2D eigenvalue weighted by Crippen LogP contribution is -2.43. The quantitative estimate of drug-likeness (QED) is 0.802. The minimum absolute atomic E-state index is 0.366. The van der Waals surface area contributed by atoms with Crippen molar-refractivity contribution < 1.29 is 0 Å². The molecule has 0 amide bonds. The van der Waals surface area contributed by atoms with Crippen LogP contribution in [0.1, 0.15) is 49.1 Å². The van der Waals surface area contributed by atoms with Gasteiger partial charge in [-0.3, -0.25) is 0 Å². The SMILES string of the molecule is Cc1nnc(C)c2cc(C34CCCCC3N(C)CC4)ccc12. The van der Waals surface area contributed by atoms with Gasteiger partial charge in [0.15, 0.2) is 0 Å². The standard InChI is InChI=1S/C19H25N3/c1-13-16-8-7-15(12-17(16)14(2)21-20-13)19-9-5-4-6-18(19)22(3)11-10-19/h7-8,12,18H,4-6,9-11H2,1-3H3. The molecule has 1 aromatic heterocycles. The Hall–Kier alpha value is -1.48. The summed E-state index contributed by atoms with van der Waals surface area (Å²) in [6.07, 6.45) is 6.74. The number of hydrogen-bond donors (Lipinski definition) is 0. The average molecular weight is 295 g/mol. The monoisotopic (exact) mass is 295 g/mol.